The summed E-state index contributed by atoms with van der Waals surface area (Å²) in [6.07, 6.45) is 0.913. The van der Waals surface area contributed by atoms with Crippen LogP contribution in [-0.2, 0) is 6.54 Å². The van der Waals surface area contributed by atoms with E-state index in [1.807, 2.05) is 12.1 Å². The summed E-state index contributed by atoms with van der Waals surface area (Å²) in [5.74, 6) is -0.326. The van der Waals surface area contributed by atoms with Gasteiger partial charge in [0.25, 0.3) is 0 Å². The lowest BCUT2D eigenvalue weighted by molar-refractivity contribution is 0.0696. The fourth-order valence-electron chi connectivity index (χ4n) is 4.18. The quantitative estimate of drug-likeness (QED) is 0.436. The number of halogens is 1. The van der Waals surface area contributed by atoms with Gasteiger partial charge in [0.15, 0.2) is 0 Å². The third-order valence-electron chi connectivity index (χ3n) is 6.00. The number of aromatic carboxylic acids is 1. The zero-order valence-corrected chi connectivity index (χ0v) is 19.4. The highest BCUT2D eigenvalue weighted by molar-refractivity contribution is 6.30. The van der Waals surface area contributed by atoms with Crippen molar-refractivity contribution >= 4 is 17.6 Å². The molecule has 1 fully saturated rings. The predicted molar refractivity (Wildman–Crippen MR) is 132 cm³/mol. The number of benzene rings is 3. The van der Waals surface area contributed by atoms with Gasteiger partial charge in [0.05, 0.1) is 12.2 Å². The smallest absolute Gasteiger partial charge is 0.335 e. The molecule has 0 amide bonds. The van der Waals surface area contributed by atoms with Crippen molar-refractivity contribution in [2.45, 2.75) is 13.0 Å². The average molecular weight is 465 g/mol. The fraction of sp³-hybridized carbons (Fsp3) is 0.296. The standard InChI is InChI=1S/C27H29ClN2O3/c28-24-11-9-21(10-12-24)26-8-2-1-5-23(26)20-30-16-14-29(15-17-30)13-4-18-33-25-7-3-6-22(19-25)27(31)32/h1-3,5-12,19H,4,13-18,20H2,(H,31,32). The number of carbonyl (C=O) groups is 1. The van der Waals surface area contributed by atoms with Crippen molar-refractivity contribution in [3.63, 3.8) is 0 Å². The summed E-state index contributed by atoms with van der Waals surface area (Å²) in [4.78, 5) is 16.0. The van der Waals surface area contributed by atoms with Gasteiger partial charge in [-0.25, -0.2) is 4.79 Å². The van der Waals surface area contributed by atoms with Crippen LogP contribution in [-0.4, -0.2) is 60.2 Å². The third kappa shape index (κ3) is 6.57. The minimum atomic E-state index is -0.936. The van der Waals surface area contributed by atoms with Gasteiger partial charge in [0.1, 0.15) is 5.75 Å². The number of carboxylic acid groups (broad SMARTS) is 1. The summed E-state index contributed by atoms with van der Waals surface area (Å²) in [5, 5.41) is 9.83. The van der Waals surface area contributed by atoms with Gasteiger partial charge in [0.2, 0.25) is 0 Å². The van der Waals surface area contributed by atoms with E-state index in [0.29, 0.717) is 12.4 Å². The molecule has 3 aromatic carbocycles. The molecule has 0 radical (unpaired) electrons. The molecule has 1 heterocycles. The van der Waals surface area contributed by atoms with Gasteiger partial charge in [-0.05, 0) is 53.4 Å². The minimum Gasteiger partial charge on any atom is -0.494 e. The third-order valence-corrected chi connectivity index (χ3v) is 6.25. The number of rotatable bonds is 9. The molecule has 0 aromatic heterocycles. The van der Waals surface area contributed by atoms with Crippen molar-refractivity contribution in [3.8, 4) is 16.9 Å². The second-order valence-electron chi connectivity index (χ2n) is 8.32. The molecule has 5 nitrogen and oxygen atoms in total. The largest absolute Gasteiger partial charge is 0.494 e. The Labute approximate surface area is 200 Å². The van der Waals surface area contributed by atoms with Crippen LogP contribution in [0.25, 0.3) is 11.1 Å². The lowest BCUT2D eigenvalue weighted by Gasteiger charge is -2.35. The molecule has 0 atom stereocenters. The SMILES string of the molecule is O=C(O)c1cccc(OCCCN2CCN(Cc3ccccc3-c3ccc(Cl)cc3)CC2)c1. The van der Waals surface area contributed by atoms with Gasteiger partial charge in [-0.15, -0.1) is 0 Å². The van der Waals surface area contributed by atoms with Gasteiger partial charge in [0, 0.05) is 44.3 Å². The molecule has 1 N–H and O–H groups in total. The number of nitrogens with zero attached hydrogens (tertiary/aromatic N) is 2. The molecule has 0 spiro atoms. The summed E-state index contributed by atoms with van der Waals surface area (Å²) >= 11 is 6.06. The van der Waals surface area contributed by atoms with Gasteiger partial charge >= 0.3 is 5.97 Å². The molecule has 3 aromatic rings. The summed E-state index contributed by atoms with van der Waals surface area (Å²) in [5.41, 5.74) is 4.05. The van der Waals surface area contributed by atoms with Crippen LogP contribution < -0.4 is 4.74 Å². The molecule has 1 aliphatic heterocycles. The molecule has 172 valence electrons. The number of hydrogen-bond acceptors (Lipinski definition) is 4. The first kappa shape index (κ1) is 23.3. The van der Waals surface area contributed by atoms with E-state index in [4.69, 9.17) is 21.4 Å². The molecular formula is C27H29ClN2O3. The summed E-state index contributed by atoms with van der Waals surface area (Å²) in [6, 6.07) is 23.3. The molecule has 33 heavy (non-hydrogen) atoms. The Kier molecular flexibility index (Phi) is 8.00. The van der Waals surface area contributed by atoms with Crippen molar-refractivity contribution in [1.82, 2.24) is 9.80 Å². The van der Waals surface area contributed by atoms with E-state index in [-0.39, 0.29) is 5.56 Å². The molecule has 0 aliphatic carbocycles. The van der Waals surface area contributed by atoms with Gasteiger partial charge in [-0.3, -0.25) is 4.90 Å². The number of piperazine rings is 1. The first-order valence-corrected chi connectivity index (χ1v) is 11.7. The molecule has 1 saturated heterocycles. The first-order chi connectivity index (χ1) is 16.1. The molecule has 0 bridgehead atoms. The molecule has 0 unspecified atom stereocenters. The monoisotopic (exact) mass is 464 g/mol. The molecule has 4 rings (SSSR count). The molecular weight excluding hydrogens is 436 g/mol. The second-order valence-corrected chi connectivity index (χ2v) is 8.75. The van der Waals surface area contributed by atoms with E-state index >= 15 is 0 Å². The van der Waals surface area contributed by atoms with E-state index in [2.05, 4.69) is 46.2 Å². The van der Waals surface area contributed by atoms with Crippen LogP contribution in [0.1, 0.15) is 22.3 Å². The van der Waals surface area contributed by atoms with Crippen LogP contribution in [0.5, 0.6) is 5.75 Å². The van der Waals surface area contributed by atoms with Crippen LogP contribution in [0.4, 0.5) is 0 Å². The Morgan fingerprint density at radius 1 is 0.909 bits per heavy atom. The fourth-order valence-corrected chi connectivity index (χ4v) is 4.30. The summed E-state index contributed by atoms with van der Waals surface area (Å²) in [6.45, 7) is 6.66. The van der Waals surface area contributed by atoms with E-state index < -0.39 is 5.97 Å². The zero-order chi connectivity index (χ0) is 23.0. The Hall–Kier alpha value is -2.86. The Bertz CT molecular complexity index is 1060. The Balaban J connectivity index is 1.22. The van der Waals surface area contributed by atoms with Crippen molar-refractivity contribution in [3.05, 3.63) is 88.9 Å². The second kappa shape index (κ2) is 11.3. The zero-order valence-electron chi connectivity index (χ0n) is 18.6. The van der Waals surface area contributed by atoms with E-state index in [9.17, 15) is 4.79 Å². The number of carboxylic acids is 1. The van der Waals surface area contributed by atoms with E-state index in [1.165, 1.54) is 16.7 Å². The average Bonchev–Trinajstić information content (AvgIpc) is 2.84. The lowest BCUT2D eigenvalue weighted by atomic mass is 9.99. The van der Waals surface area contributed by atoms with Crippen molar-refractivity contribution in [2.75, 3.05) is 39.3 Å². The van der Waals surface area contributed by atoms with Gasteiger partial charge in [-0.1, -0.05) is 54.1 Å². The van der Waals surface area contributed by atoms with Crippen molar-refractivity contribution in [2.24, 2.45) is 0 Å². The summed E-state index contributed by atoms with van der Waals surface area (Å²) in [7, 11) is 0. The predicted octanol–water partition coefficient (Wildman–Crippen LogP) is 5.29. The van der Waals surface area contributed by atoms with E-state index in [1.54, 1.807) is 24.3 Å². The highest BCUT2D eigenvalue weighted by Gasteiger charge is 2.18. The highest BCUT2D eigenvalue weighted by atomic mass is 35.5. The summed E-state index contributed by atoms with van der Waals surface area (Å²) < 4.78 is 5.74. The van der Waals surface area contributed by atoms with Crippen LogP contribution >= 0.6 is 11.6 Å². The maximum Gasteiger partial charge on any atom is 0.335 e. The number of hydrogen-bond donors (Lipinski definition) is 1. The van der Waals surface area contributed by atoms with E-state index in [0.717, 1.165) is 50.7 Å². The van der Waals surface area contributed by atoms with Crippen molar-refractivity contribution in [1.29, 1.82) is 0 Å². The normalized spacial score (nSPS) is 14.8. The van der Waals surface area contributed by atoms with Gasteiger partial charge < -0.3 is 14.7 Å². The van der Waals surface area contributed by atoms with Crippen molar-refractivity contribution < 1.29 is 14.6 Å². The Morgan fingerprint density at radius 3 is 2.39 bits per heavy atom. The number of ether oxygens (including phenoxy) is 1. The maximum atomic E-state index is 11.1. The first-order valence-electron chi connectivity index (χ1n) is 11.3. The van der Waals surface area contributed by atoms with Crippen LogP contribution in [0.3, 0.4) is 0 Å². The van der Waals surface area contributed by atoms with Crippen LogP contribution in [0, 0.1) is 0 Å². The lowest BCUT2D eigenvalue weighted by Crippen LogP contribution is -2.46. The van der Waals surface area contributed by atoms with Crippen LogP contribution in [0.2, 0.25) is 5.02 Å². The maximum absolute atomic E-state index is 11.1. The molecule has 6 heteroatoms. The Morgan fingerprint density at radius 2 is 1.64 bits per heavy atom. The minimum absolute atomic E-state index is 0.251. The molecule has 0 saturated carbocycles. The highest BCUT2D eigenvalue weighted by Crippen LogP contribution is 2.26. The molecule has 1 aliphatic rings. The van der Waals surface area contributed by atoms with Gasteiger partial charge in [-0.2, -0.15) is 0 Å². The van der Waals surface area contributed by atoms with Crippen LogP contribution in [0.15, 0.2) is 72.8 Å². The topological polar surface area (TPSA) is 53.0 Å².